The predicted molar refractivity (Wildman–Crippen MR) is 99.7 cm³/mol. The van der Waals surface area contributed by atoms with Crippen LogP contribution in [0.25, 0.3) is 0 Å². The van der Waals surface area contributed by atoms with Gasteiger partial charge in [0.1, 0.15) is 18.4 Å². The fraction of sp³-hybridized carbons (Fsp3) is 0.316. The molecule has 1 atom stereocenters. The van der Waals surface area contributed by atoms with E-state index in [9.17, 15) is 4.79 Å². The van der Waals surface area contributed by atoms with E-state index in [0.717, 1.165) is 11.3 Å². The number of benzene rings is 2. The van der Waals surface area contributed by atoms with Crippen molar-refractivity contribution in [1.29, 1.82) is 0 Å². The van der Waals surface area contributed by atoms with Gasteiger partial charge < -0.3 is 15.8 Å². The van der Waals surface area contributed by atoms with Gasteiger partial charge in [-0.15, -0.1) is 12.4 Å². The molecule has 0 bridgehead atoms. The summed E-state index contributed by atoms with van der Waals surface area (Å²) in [6.45, 7) is 5.09. The number of para-hydroxylation sites is 1. The zero-order valence-corrected chi connectivity index (χ0v) is 14.9. The lowest BCUT2D eigenvalue weighted by Gasteiger charge is -2.15. The fourth-order valence-corrected chi connectivity index (χ4v) is 2.35. The SMILES string of the molecule is CC(C)c1ccccc1OCCNC(=O)C(N)c1ccccc1.Cl. The van der Waals surface area contributed by atoms with E-state index in [4.69, 9.17) is 10.5 Å². The molecule has 0 saturated heterocycles. The molecule has 4 nitrogen and oxygen atoms in total. The first-order chi connectivity index (χ1) is 11.1. The van der Waals surface area contributed by atoms with Gasteiger partial charge in [0, 0.05) is 0 Å². The molecule has 0 heterocycles. The van der Waals surface area contributed by atoms with Gasteiger partial charge in [0.25, 0.3) is 0 Å². The zero-order chi connectivity index (χ0) is 16.7. The Kier molecular flexibility index (Phi) is 8.30. The summed E-state index contributed by atoms with van der Waals surface area (Å²) in [5.41, 5.74) is 7.91. The second-order valence-corrected chi connectivity index (χ2v) is 5.72. The second-order valence-electron chi connectivity index (χ2n) is 5.72. The molecule has 0 aliphatic carbocycles. The van der Waals surface area contributed by atoms with Gasteiger partial charge in [-0.1, -0.05) is 62.4 Å². The highest BCUT2D eigenvalue weighted by Gasteiger charge is 2.14. The summed E-state index contributed by atoms with van der Waals surface area (Å²) in [6, 6.07) is 16.6. The van der Waals surface area contributed by atoms with Gasteiger partial charge in [-0.2, -0.15) is 0 Å². The lowest BCUT2D eigenvalue weighted by Crippen LogP contribution is -2.36. The molecule has 0 aromatic heterocycles. The van der Waals surface area contributed by atoms with Crippen molar-refractivity contribution in [2.24, 2.45) is 5.73 Å². The maximum Gasteiger partial charge on any atom is 0.241 e. The summed E-state index contributed by atoms with van der Waals surface area (Å²) in [5.74, 6) is 1.06. The summed E-state index contributed by atoms with van der Waals surface area (Å²) in [7, 11) is 0. The molecule has 0 aliphatic heterocycles. The van der Waals surface area contributed by atoms with Crippen LogP contribution in [-0.4, -0.2) is 19.1 Å². The number of rotatable bonds is 7. The van der Waals surface area contributed by atoms with Crippen molar-refractivity contribution in [1.82, 2.24) is 5.32 Å². The predicted octanol–water partition coefficient (Wildman–Crippen LogP) is 3.43. The van der Waals surface area contributed by atoms with Crippen LogP contribution in [0.15, 0.2) is 54.6 Å². The first-order valence-electron chi connectivity index (χ1n) is 7.89. The molecule has 3 N–H and O–H groups in total. The maximum absolute atomic E-state index is 12.0. The van der Waals surface area contributed by atoms with E-state index in [2.05, 4.69) is 25.2 Å². The summed E-state index contributed by atoms with van der Waals surface area (Å²) < 4.78 is 5.78. The first kappa shape index (κ1) is 20.0. The van der Waals surface area contributed by atoms with E-state index in [1.165, 1.54) is 5.56 Å². The van der Waals surface area contributed by atoms with Crippen LogP contribution < -0.4 is 15.8 Å². The van der Waals surface area contributed by atoms with Crippen molar-refractivity contribution in [3.05, 3.63) is 65.7 Å². The van der Waals surface area contributed by atoms with Crippen molar-refractivity contribution in [2.45, 2.75) is 25.8 Å². The highest BCUT2D eigenvalue weighted by Crippen LogP contribution is 2.25. The Morgan fingerprint density at radius 2 is 1.71 bits per heavy atom. The molecule has 0 radical (unpaired) electrons. The van der Waals surface area contributed by atoms with E-state index in [-0.39, 0.29) is 18.3 Å². The normalized spacial score (nSPS) is 11.5. The highest BCUT2D eigenvalue weighted by molar-refractivity contribution is 5.85. The van der Waals surface area contributed by atoms with Gasteiger partial charge in [0.2, 0.25) is 5.91 Å². The summed E-state index contributed by atoms with van der Waals surface area (Å²) in [4.78, 5) is 12.0. The number of carbonyl (C=O) groups is 1. The van der Waals surface area contributed by atoms with Crippen LogP contribution in [-0.2, 0) is 4.79 Å². The molecule has 1 unspecified atom stereocenters. The third-order valence-electron chi connectivity index (χ3n) is 3.64. The Balaban J connectivity index is 0.00000288. The van der Waals surface area contributed by atoms with E-state index in [1.54, 1.807) is 0 Å². The Labute approximate surface area is 149 Å². The van der Waals surface area contributed by atoms with Gasteiger partial charge in [-0.3, -0.25) is 4.79 Å². The second kappa shape index (κ2) is 9.96. The smallest absolute Gasteiger partial charge is 0.241 e. The highest BCUT2D eigenvalue weighted by atomic mass is 35.5. The van der Waals surface area contributed by atoms with Crippen molar-refractivity contribution in [3.63, 3.8) is 0 Å². The molecule has 0 fully saturated rings. The number of hydrogen-bond acceptors (Lipinski definition) is 3. The quantitative estimate of drug-likeness (QED) is 0.753. The molecule has 1 amide bonds. The average Bonchev–Trinajstić information content (AvgIpc) is 2.58. The van der Waals surface area contributed by atoms with E-state index in [1.807, 2.05) is 48.5 Å². The molecule has 2 aromatic rings. The third-order valence-corrected chi connectivity index (χ3v) is 3.64. The minimum Gasteiger partial charge on any atom is -0.491 e. The number of carbonyl (C=O) groups excluding carboxylic acids is 1. The molecule has 24 heavy (non-hydrogen) atoms. The molecule has 0 aliphatic rings. The minimum absolute atomic E-state index is 0. The molecule has 130 valence electrons. The molecule has 5 heteroatoms. The molecule has 2 rings (SSSR count). The number of ether oxygens (including phenoxy) is 1. The third kappa shape index (κ3) is 5.55. The zero-order valence-electron chi connectivity index (χ0n) is 14.1. The van der Waals surface area contributed by atoms with Gasteiger partial charge in [0.15, 0.2) is 0 Å². The van der Waals surface area contributed by atoms with Crippen LogP contribution in [0, 0.1) is 0 Å². The lowest BCUT2D eigenvalue weighted by atomic mass is 10.0. The van der Waals surface area contributed by atoms with Crippen molar-refractivity contribution in [3.8, 4) is 5.75 Å². The fourth-order valence-electron chi connectivity index (χ4n) is 2.35. The Hall–Kier alpha value is -2.04. The largest absolute Gasteiger partial charge is 0.491 e. The van der Waals surface area contributed by atoms with E-state index >= 15 is 0 Å². The Bertz CT molecular complexity index is 632. The van der Waals surface area contributed by atoms with Crippen LogP contribution in [0.2, 0.25) is 0 Å². The standard InChI is InChI=1S/C19H24N2O2.ClH/c1-14(2)16-10-6-7-11-17(16)23-13-12-21-19(22)18(20)15-8-4-3-5-9-15;/h3-11,14,18H,12-13,20H2,1-2H3,(H,21,22);1H. The number of halogens is 1. The molecule has 0 spiro atoms. The Morgan fingerprint density at radius 3 is 2.38 bits per heavy atom. The Morgan fingerprint density at radius 1 is 1.08 bits per heavy atom. The molecule has 2 aromatic carbocycles. The summed E-state index contributed by atoms with van der Waals surface area (Å²) in [6.07, 6.45) is 0. The van der Waals surface area contributed by atoms with Crippen LogP contribution in [0.5, 0.6) is 5.75 Å². The number of nitrogens with one attached hydrogen (secondary N) is 1. The maximum atomic E-state index is 12.0. The molecular weight excluding hydrogens is 324 g/mol. The average molecular weight is 349 g/mol. The van der Waals surface area contributed by atoms with Gasteiger partial charge in [-0.05, 0) is 23.1 Å². The monoisotopic (exact) mass is 348 g/mol. The van der Waals surface area contributed by atoms with Crippen LogP contribution in [0.3, 0.4) is 0 Å². The molecular formula is C19H25ClN2O2. The number of hydrogen-bond donors (Lipinski definition) is 2. The van der Waals surface area contributed by atoms with Gasteiger partial charge in [-0.25, -0.2) is 0 Å². The topological polar surface area (TPSA) is 64.3 Å². The summed E-state index contributed by atoms with van der Waals surface area (Å²) in [5, 5.41) is 2.81. The van der Waals surface area contributed by atoms with Crippen LogP contribution in [0.1, 0.15) is 36.9 Å². The lowest BCUT2D eigenvalue weighted by molar-refractivity contribution is -0.122. The van der Waals surface area contributed by atoms with E-state index < -0.39 is 6.04 Å². The summed E-state index contributed by atoms with van der Waals surface area (Å²) >= 11 is 0. The van der Waals surface area contributed by atoms with E-state index in [0.29, 0.717) is 19.1 Å². The first-order valence-corrected chi connectivity index (χ1v) is 7.89. The van der Waals surface area contributed by atoms with Crippen LogP contribution >= 0.6 is 12.4 Å². The number of amides is 1. The number of nitrogens with two attached hydrogens (primary N) is 1. The van der Waals surface area contributed by atoms with Crippen LogP contribution in [0.4, 0.5) is 0 Å². The van der Waals surface area contributed by atoms with Crippen molar-refractivity contribution in [2.75, 3.05) is 13.2 Å². The van der Waals surface area contributed by atoms with Gasteiger partial charge in [0.05, 0.1) is 6.54 Å². The van der Waals surface area contributed by atoms with Crippen molar-refractivity contribution < 1.29 is 9.53 Å². The molecule has 0 saturated carbocycles. The minimum atomic E-state index is -0.654. The van der Waals surface area contributed by atoms with Gasteiger partial charge >= 0.3 is 0 Å². The van der Waals surface area contributed by atoms with Crippen molar-refractivity contribution >= 4 is 18.3 Å².